The Bertz CT molecular complexity index is 1070. The normalized spacial score (nSPS) is 39.5. The zero-order valence-corrected chi connectivity index (χ0v) is 24.4. The van der Waals surface area contributed by atoms with Crippen molar-refractivity contribution in [2.45, 2.75) is 82.1 Å². The summed E-state index contributed by atoms with van der Waals surface area (Å²) in [5.74, 6) is 0.278. The van der Waals surface area contributed by atoms with Gasteiger partial charge in [0, 0.05) is 36.1 Å². The highest BCUT2D eigenvalue weighted by Crippen LogP contribution is 2.78. The van der Waals surface area contributed by atoms with Gasteiger partial charge in [-0.25, -0.2) is 4.79 Å². The van der Waals surface area contributed by atoms with Gasteiger partial charge in [0.15, 0.2) is 0 Å². The summed E-state index contributed by atoms with van der Waals surface area (Å²) in [7, 11) is 1.38. The molecule has 0 aromatic carbocycles. The number of nitrogens with zero attached hydrogens (tertiary/aromatic N) is 1. The van der Waals surface area contributed by atoms with Crippen molar-refractivity contribution in [1.29, 1.82) is 0 Å². The lowest BCUT2D eigenvalue weighted by atomic mass is 9.76. The molecule has 5 aliphatic rings. The van der Waals surface area contributed by atoms with Crippen LogP contribution < -0.4 is 5.73 Å². The van der Waals surface area contributed by atoms with Crippen molar-refractivity contribution >= 4 is 17.6 Å². The number of aliphatic hydroxyl groups is 1. The van der Waals surface area contributed by atoms with Crippen molar-refractivity contribution in [2.24, 2.45) is 23.0 Å². The van der Waals surface area contributed by atoms with Crippen molar-refractivity contribution < 1.29 is 24.1 Å². The third kappa shape index (κ3) is 5.08. The molecule has 1 spiro atoms. The number of hydrogen-bond donors (Lipinski definition) is 2. The summed E-state index contributed by atoms with van der Waals surface area (Å²) in [6.07, 6.45) is 16.8. The van der Waals surface area contributed by atoms with E-state index in [2.05, 4.69) is 30.9 Å². The minimum Gasteiger partial charge on any atom is -0.467 e. The second-order valence-corrected chi connectivity index (χ2v) is 12.8. The van der Waals surface area contributed by atoms with Crippen LogP contribution in [0.1, 0.15) is 58.8 Å². The van der Waals surface area contributed by atoms with Crippen LogP contribution in [0.25, 0.3) is 0 Å². The number of allylic oxidation sites excluding steroid dienone is 3. The largest absolute Gasteiger partial charge is 0.467 e. The molecule has 5 rings (SSSR count). The third-order valence-corrected chi connectivity index (χ3v) is 10.5. The summed E-state index contributed by atoms with van der Waals surface area (Å²) in [5.41, 5.74) is 7.32. The van der Waals surface area contributed by atoms with Gasteiger partial charge in [-0.1, -0.05) is 55.3 Å². The first-order valence-corrected chi connectivity index (χ1v) is 15.0. The maximum absolute atomic E-state index is 11.9. The van der Waals surface area contributed by atoms with Crippen LogP contribution in [-0.2, 0) is 19.0 Å². The van der Waals surface area contributed by atoms with E-state index in [1.807, 2.05) is 18.2 Å². The summed E-state index contributed by atoms with van der Waals surface area (Å²) in [6.45, 7) is 7.61. The van der Waals surface area contributed by atoms with Gasteiger partial charge in [-0.3, -0.25) is 4.90 Å². The summed E-state index contributed by atoms with van der Waals surface area (Å²) >= 11 is 6.20. The van der Waals surface area contributed by atoms with Gasteiger partial charge in [0.1, 0.15) is 12.2 Å². The van der Waals surface area contributed by atoms with E-state index in [4.69, 9.17) is 31.5 Å². The molecular weight excluding hydrogens is 516 g/mol. The van der Waals surface area contributed by atoms with Crippen molar-refractivity contribution in [3.05, 3.63) is 46.6 Å². The molecule has 4 unspecified atom stereocenters. The molecule has 0 radical (unpaired) electrons. The molecule has 2 saturated heterocycles. The number of methoxy groups -OCH3 is 1. The molecule has 216 valence electrons. The van der Waals surface area contributed by atoms with Crippen LogP contribution in [-0.4, -0.2) is 79.3 Å². The molecule has 0 aromatic rings. The second kappa shape index (κ2) is 11.4. The molecule has 0 amide bonds. The fraction of sp³-hybridized carbons (Fsp3) is 0.710. The topological polar surface area (TPSA) is 94.0 Å². The summed E-state index contributed by atoms with van der Waals surface area (Å²) in [5, 5.41) is 12.7. The first-order valence-electron chi connectivity index (χ1n) is 14.6. The Morgan fingerprint density at radius 2 is 2.13 bits per heavy atom. The van der Waals surface area contributed by atoms with Crippen molar-refractivity contribution in [3.8, 4) is 0 Å². The average Bonchev–Trinajstić information content (AvgIpc) is 3.78. The average molecular weight is 561 g/mol. The van der Waals surface area contributed by atoms with Crippen LogP contribution in [0.2, 0.25) is 0 Å². The predicted octanol–water partition coefficient (Wildman–Crippen LogP) is 4.25. The summed E-state index contributed by atoms with van der Waals surface area (Å²) < 4.78 is 16.9. The van der Waals surface area contributed by atoms with E-state index in [1.165, 1.54) is 12.7 Å². The quantitative estimate of drug-likeness (QED) is 0.234. The Hall–Kier alpha value is -1.48. The number of halogens is 1. The third-order valence-electron chi connectivity index (χ3n) is 10.1. The van der Waals surface area contributed by atoms with Crippen LogP contribution in [0.15, 0.2) is 46.6 Å². The minimum absolute atomic E-state index is 0.0234. The Kier molecular flexibility index (Phi) is 8.50. The number of rotatable bonds is 10. The first-order chi connectivity index (χ1) is 18.7. The Balaban J connectivity index is 1.29. The van der Waals surface area contributed by atoms with Crippen LogP contribution in [0.5, 0.6) is 0 Å². The van der Waals surface area contributed by atoms with Crippen molar-refractivity contribution in [1.82, 2.24) is 4.90 Å². The molecule has 39 heavy (non-hydrogen) atoms. The smallest absolute Gasteiger partial charge is 0.331 e. The molecular formula is C31H45ClN2O5. The van der Waals surface area contributed by atoms with E-state index >= 15 is 0 Å². The Morgan fingerprint density at radius 3 is 2.85 bits per heavy atom. The first kappa shape index (κ1) is 29.0. The van der Waals surface area contributed by atoms with Gasteiger partial charge in [-0.05, 0) is 69.1 Å². The van der Waals surface area contributed by atoms with Crippen LogP contribution in [0, 0.1) is 17.3 Å². The highest BCUT2D eigenvalue weighted by Gasteiger charge is 2.92. The van der Waals surface area contributed by atoms with Gasteiger partial charge in [0.2, 0.25) is 0 Å². The van der Waals surface area contributed by atoms with Crippen molar-refractivity contribution in [3.63, 3.8) is 0 Å². The molecule has 8 heteroatoms. The van der Waals surface area contributed by atoms with Crippen LogP contribution in [0.3, 0.4) is 0 Å². The molecule has 7 atom stereocenters. The standard InChI is InChI=1S/C31H45ClN2O5/c1-29(2)30(31(29,36)22-8-10-23(32)11-9-22)20-34(30)16-5-7-25-21(6-4-15-33)14-17-38-27-13-12-24(18-26(25)27)39-19-28(35)37-3/h7-8,10,12-13,21,24,26-27,36H,4-6,9,11,14-20,33H2,1-3H3/b25-7+/t21-,24+,26-,27?,30?,31?,34?/m1/s1. The lowest BCUT2D eigenvalue weighted by Gasteiger charge is -2.33. The number of fused-ring (bicyclic) bond motifs is 1. The number of ether oxygens (including phenoxy) is 3. The summed E-state index contributed by atoms with van der Waals surface area (Å²) in [4.78, 5) is 14.1. The van der Waals surface area contributed by atoms with Crippen LogP contribution >= 0.6 is 11.6 Å². The SMILES string of the molecule is COC(=O)CO[C@H]1C=CC2OCC[C@@H](CCCN)/C(=C\CCN3CC34C(C)(C)C4(O)C3=CC=C(Cl)CC3)[C@H]2C1. The fourth-order valence-electron chi connectivity index (χ4n) is 7.83. The van der Waals surface area contributed by atoms with E-state index in [-0.39, 0.29) is 41.7 Å². The highest BCUT2D eigenvalue weighted by atomic mass is 35.5. The maximum Gasteiger partial charge on any atom is 0.331 e. The van der Waals surface area contributed by atoms with Gasteiger partial charge < -0.3 is 25.1 Å². The monoisotopic (exact) mass is 560 g/mol. The molecule has 3 fully saturated rings. The lowest BCUT2D eigenvalue weighted by molar-refractivity contribution is -0.147. The fourth-order valence-corrected chi connectivity index (χ4v) is 7.98. The summed E-state index contributed by atoms with van der Waals surface area (Å²) in [6, 6.07) is 0. The van der Waals surface area contributed by atoms with E-state index in [9.17, 15) is 9.90 Å². The van der Waals surface area contributed by atoms with E-state index in [1.54, 1.807) is 0 Å². The molecule has 2 heterocycles. The zero-order chi connectivity index (χ0) is 27.8. The highest BCUT2D eigenvalue weighted by molar-refractivity contribution is 6.29. The maximum atomic E-state index is 11.9. The molecule has 0 aromatic heterocycles. The van der Waals surface area contributed by atoms with E-state index < -0.39 is 5.60 Å². The molecule has 0 bridgehead atoms. The van der Waals surface area contributed by atoms with Gasteiger partial charge in [-0.2, -0.15) is 0 Å². The predicted molar refractivity (Wildman–Crippen MR) is 152 cm³/mol. The lowest BCUT2D eigenvalue weighted by Crippen LogP contribution is -2.33. The number of esters is 1. The van der Waals surface area contributed by atoms with Gasteiger partial charge in [0.25, 0.3) is 0 Å². The van der Waals surface area contributed by atoms with E-state index in [0.29, 0.717) is 12.5 Å². The number of hydrogen-bond acceptors (Lipinski definition) is 7. The number of carbonyl (C=O) groups excluding carboxylic acids is 1. The van der Waals surface area contributed by atoms with Gasteiger partial charge in [-0.15, -0.1) is 0 Å². The second-order valence-electron chi connectivity index (χ2n) is 12.3. The van der Waals surface area contributed by atoms with E-state index in [0.717, 1.165) is 75.2 Å². The molecule has 2 aliphatic heterocycles. The van der Waals surface area contributed by atoms with Crippen molar-refractivity contribution in [2.75, 3.05) is 40.0 Å². The molecule has 3 aliphatic carbocycles. The number of nitrogens with two attached hydrogens (primary N) is 1. The minimum atomic E-state index is -0.787. The zero-order valence-electron chi connectivity index (χ0n) is 23.7. The number of carbonyl (C=O) groups is 1. The Morgan fingerprint density at radius 1 is 1.31 bits per heavy atom. The Labute approximate surface area is 238 Å². The molecule has 3 N–H and O–H groups in total. The molecule has 7 nitrogen and oxygen atoms in total. The van der Waals surface area contributed by atoms with Gasteiger partial charge in [0.05, 0.1) is 24.9 Å². The van der Waals surface area contributed by atoms with Crippen LogP contribution in [0.4, 0.5) is 0 Å². The molecule has 1 saturated carbocycles. The van der Waals surface area contributed by atoms with Gasteiger partial charge >= 0.3 is 5.97 Å².